The van der Waals surface area contributed by atoms with Gasteiger partial charge in [-0.25, -0.2) is 13.8 Å². The Hall–Kier alpha value is -3.69. The second-order valence-corrected chi connectivity index (χ2v) is 9.92. The monoisotopic (exact) mass is 492 g/mol. The maximum Gasteiger partial charge on any atom is 0.271 e. The molecule has 4 rings (SSSR count). The molecule has 8 nitrogen and oxygen atoms in total. The number of sulfonamides is 1. The minimum Gasteiger partial charge on any atom is -0.497 e. The average Bonchev–Trinajstić information content (AvgIpc) is 2.89. The number of nitrogens with zero attached hydrogens (tertiary/aromatic N) is 2. The molecule has 0 atom stereocenters. The van der Waals surface area contributed by atoms with Crippen LogP contribution in [-0.2, 0) is 16.6 Å². The van der Waals surface area contributed by atoms with Crippen molar-refractivity contribution in [2.45, 2.75) is 24.3 Å². The maximum atomic E-state index is 12.8. The summed E-state index contributed by atoms with van der Waals surface area (Å²) >= 11 is 0. The Morgan fingerprint density at radius 3 is 2.37 bits per heavy atom. The molecular weight excluding hydrogens is 464 g/mol. The Morgan fingerprint density at radius 1 is 0.971 bits per heavy atom. The van der Waals surface area contributed by atoms with Crippen LogP contribution < -0.4 is 14.9 Å². The molecule has 1 aliphatic rings. The van der Waals surface area contributed by atoms with Gasteiger partial charge in [-0.15, -0.1) is 0 Å². The number of hydrogen-bond donors (Lipinski definition) is 2. The van der Waals surface area contributed by atoms with E-state index in [1.54, 1.807) is 30.3 Å². The van der Waals surface area contributed by atoms with Crippen molar-refractivity contribution < 1.29 is 17.9 Å². The Labute approximate surface area is 205 Å². The summed E-state index contributed by atoms with van der Waals surface area (Å²) in [6, 6.07) is 22.7. The van der Waals surface area contributed by atoms with Crippen LogP contribution >= 0.6 is 0 Å². The van der Waals surface area contributed by atoms with E-state index >= 15 is 0 Å². The SMILES string of the molecule is COc1ccc(NS(=O)(=O)c2cccc(C(=O)NN=C3CCN(Cc4ccccc4)CC3)c2)cc1. The molecule has 0 unspecified atom stereocenters. The molecule has 1 heterocycles. The predicted molar refractivity (Wildman–Crippen MR) is 136 cm³/mol. The second kappa shape index (κ2) is 11.2. The predicted octanol–water partition coefficient (Wildman–Crippen LogP) is 3.88. The smallest absolute Gasteiger partial charge is 0.271 e. The fourth-order valence-electron chi connectivity index (χ4n) is 3.79. The number of benzene rings is 3. The summed E-state index contributed by atoms with van der Waals surface area (Å²) in [5.74, 6) is 0.167. The minimum absolute atomic E-state index is 0.0113. The first-order valence-electron chi connectivity index (χ1n) is 11.3. The van der Waals surface area contributed by atoms with E-state index in [0.717, 1.165) is 38.2 Å². The van der Waals surface area contributed by atoms with Crippen LogP contribution in [0.15, 0.2) is 88.9 Å². The standard InChI is InChI=1S/C26H28N4O4S/c1-34-24-12-10-23(11-13-24)29-35(32,33)25-9-5-8-21(18-25)26(31)28-27-22-14-16-30(17-15-22)19-20-6-3-2-4-7-20/h2-13,18,29H,14-17,19H2,1H3,(H,28,31). The first-order chi connectivity index (χ1) is 16.9. The van der Waals surface area contributed by atoms with Gasteiger partial charge in [0, 0.05) is 49.4 Å². The summed E-state index contributed by atoms with van der Waals surface area (Å²) in [5, 5.41) is 4.29. The number of methoxy groups -OCH3 is 1. The van der Waals surface area contributed by atoms with Crippen molar-refractivity contribution in [3.8, 4) is 5.75 Å². The number of likely N-dealkylation sites (tertiary alicyclic amines) is 1. The summed E-state index contributed by atoms with van der Waals surface area (Å²) in [5.41, 5.74) is 5.39. The summed E-state index contributed by atoms with van der Waals surface area (Å²) in [6.07, 6.45) is 1.54. The van der Waals surface area contributed by atoms with E-state index in [-0.39, 0.29) is 10.5 Å². The van der Waals surface area contributed by atoms with Crippen molar-refractivity contribution in [1.29, 1.82) is 0 Å². The van der Waals surface area contributed by atoms with E-state index in [1.807, 2.05) is 18.2 Å². The Bertz CT molecular complexity index is 1280. The van der Waals surface area contributed by atoms with Crippen LogP contribution in [0, 0.1) is 0 Å². The summed E-state index contributed by atoms with van der Waals surface area (Å²) in [7, 11) is -2.33. The van der Waals surface area contributed by atoms with Gasteiger partial charge in [-0.05, 0) is 48.0 Å². The quantitative estimate of drug-likeness (QED) is 0.465. The van der Waals surface area contributed by atoms with Crippen molar-refractivity contribution in [3.63, 3.8) is 0 Å². The van der Waals surface area contributed by atoms with E-state index in [0.29, 0.717) is 11.4 Å². The van der Waals surface area contributed by atoms with E-state index in [4.69, 9.17) is 4.74 Å². The zero-order valence-corrected chi connectivity index (χ0v) is 20.3. The molecule has 9 heteroatoms. The fraction of sp³-hybridized carbons (Fsp3) is 0.231. The molecule has 1 aliphatic heterocycles. The van der Waals surface area contributed by atoms with Gasteiger partial charge < -0.3 is 4.74 Å². The van der Waals surface area contributed by atoms with Gasteiger partial charge in [-0.3, -0.25) is 14.4 Å². The van der Waals surface area contributed by atoms with Crippen LogP contribution in [0.4, 0.5) is 5.69 Å². The Kier molecular flexibility index (Phi) is 7.79. The van der Waals surface area contributed by atoms with Gasteiger partial charge in [0.15, 0.2) is 0 Å². The Balaban J connectivity index is 1.34. The van der Waals surface area contributed by atoms with Crippen LogP contribution in [0.2, 0.25) is 0 Å². The zero-order valence-electron chi connectivity index (χ0n) is 19.5. The van der Waals surface area contributed by atoms with Gasteiger partial charge in [-0.2, -0.15) is 5.10 Å². The van der Waals surface area contributed by atoms with Gasteiger partial charge in [0.25, 0.3) is 15.9 Å². The highest BCUT2D eigenvalue weighted by atomic mass is 32.2. The molecule has 1 fully saturated rings. The number of carbonyl (C=O) groups is 1. The average molecular weight is 493 g/mol. The highest BCUT2D eigenvalue weighted by Crippen LogP contribution is 2.20. The van der Waals surface area contributed by atoms with Gasteiger partial charge in [0.05, 0.1) is 12.0 Å². The van der Waals surface area contributed by atoms with Gasteiger partial charge in [-0.1, -0.05) is 36.4 Å². The largest absolute Gasteiger partial charge is 0.497 e. The second-order valence-electron chi connectivity index (χ2n) is 8.24. The first kappa shape index (κ1) is 24.4. The third-order valence-electron chi connectivity index (χ3n) is 5.75. The topological polar surface area (TPSA) is 100 Å². The molecule has 0 bridgehead atoms. The molecule has 35 heavy (non-hydrogen) atoms. The van der Waals surface area contributed by atoms with Crippen LogP contribution in [0.3, 0.4) is 0 Å². The molecule has 3 aromatic rings. The normalized spacial score (nSPS) is 14.3. The number of hydrogen-bond acceptors (Lipinski definition) is 6. The fourth-order valence-corrected chi connectivity index (χ4v) is 4.90. The first-order valence-corrected chi connectivity index (χ1v) is 12.8. The molecule has 0 radical (unpaired) electrons. The van der Waals surface area contributed by atoms with Crippen molar-refractivity contribution in [3.05, 3.63) is 90.0 Å². The lowest BCUT2D eigenvalue weighted by molar-refractivity contribution is 0.0954. The van der Waals surface area contributed by atoms with Crippen molar-refractivity contribution in [1.82, 2.24) is 10.3 Å². The molecule has 2 N–H and O–H groups in total. The number of piperidine rings is 1. The van der Waals surface area contributed by atoms with Gasteiger partial charge >= 0.3 is 0 Å². The zero-order chi connectivity index (χ0) is 24.7. The van der Waals surface area contributed by atoms with Crippen LogP contribution in [-0.4, -0.2) is 45.1 Å². The maximum absolute atomic E-state index is 12.8. The molecule has 0 aromatic heterocycles. The molecule has 1 saturated heterocycles. The molecule has 182 valence electrons. The van der Waals surface area contributed by atoms with E-state index in [9.17, 15) is 13.2 Å². The van der Waals surface area contributed by atoms with Crippen molar-refractivity contribution >= 4 is 27.3 Å². The van der Waals surface area contributed by atoms with Crippen LogP contribution in [0.1, 0.15) is 28.8 Å². The lowest BCUT2D eigenvalue weighted by Gasteiger charge is -2.27. The minimum atomic E-state index is -3.87. The molecule has 0 aliphatic carbocycles. The van der Waals surface area contributed by atoms with E-state index in [1.165, 1.54) is 30.9 Å². The van der Waals surface area contributed by atoms with Gasteiger partial charge in [0.2, 0.25) is 0 Å². The number of ether oxygens (including phenoxy) is 1. The van der Waals surface area contributed by atoms with Crippen LogP contribution in [0.25, 0.3) is 0 Å². The molecular formula is C26H28N4O4S. The van der Waals surface area contributed by atoms with Crippen LogP contribution in [0.5, 0.6) is 5.75 Å². The lowest BCUT2D eigenvalue weighted by Crippen LogP contribution is -2.34. The lowest BCUT2D eigenvalue weighted by atomic mass is 10.1. The number of nitrogens with one attached hydrogen (secondary N) is 2. The highest BCUT2D eigenvalue weighted by Gasteiger charge is 2.18. The molecule has 0 spiro atoms. The summed E-state index contributed by atoms with van der Waals surface area (Å²) in [4.78, 5) is 15.0. The van der Waals surface area contributed by atoms with Gasteiger partial charge in [0.1, 0.15) is 5.75 Å². The van der Waals surface area contributed by atoms with Crippen molar-refractivity contribution in [2.75, 3.05) is 24.9 Å². The third kappa shape index (κ3) is 6.68. The summed E-state index contributed by atoms with van der Waals surface area (Å²) in [6.45, 7) is 2.63. The molecule has 1 amide bonds. The van der Waals surface area contributed by atoms with E-state index < -0.39 is 15.9 Å². The number of anilines is 1. The highest BCUT2D eigenvalue weighted by molar-refractivity contribution is 7.92. The number of hydrazone groups is 1. The number of carbonyl (C=O) groups excluding carboxylic acids is 1. The molecule has 3 aromatic carbocycles. The van der Waals surface area contributed by atoms with E-state index in [2.05, 4.69) is 32.3 Å². The molecule has 0 saturated carbocycles. The van der Waals surface area contributed by atoms with Crippen molar-refractivity contribution in [2.24, 2.45) is 5.10 Å². The third-order valence-corrected chi connectivity index (χ3v) is 7.13. The Morgan fingerprint density at radius 2 is 1.69 bits per heavy atom. The summed E-state index contributed by atoms with van der Waals surface area (Å²) < 4.78 is 33.2. The number of rotatable bonds is 8. The number of amides is 1.